The summed E-state index contributed by atoms with van der Waals surface area (Å²) in [6.45, 7) is 0. The molecule has 0 aliphatic carbocycles. The topological polar surface area (TPSA) is 17.8 Å². The molecule has 1 aromatic heterocycles. The van der Waals surface area contributed by atoms with E-state index >= 15 is 0 Å². The van der Waals surface area contributed by atoms with E-state index in [0.717, 1.165) is 11.3 Å². The number of benzene rings is 2. The fraction of sp³-hybridized carbons (Fsp3) is 0. The fourth-order valence-electron chi connectivity index (χ4n) is 1.91. The van der Waals surface area contributed by atoms with Gasteiger partial charge in [0, 0.05) is 38.2 Å². The summed E-state index contributed by atoms with van der Waals surface area (Å²) in [6, 6.07) is 19.4. The first-order valence-corrected chi connectivity index (χ1v) is 5.49. The Bertz CT molecular complexity index is 603. The Balaban J connectivity index is 0.00000120. The first-order valence-electron chi connectivity index (χ1n) is 5.49. The first kappa shape index (κ1) is 12.7. The van der Waals surface area contributed by atoms with Gasteiger partial charge in [-0.25, -0.2) is 4.98 Å². The van der Waals surface area contributed by atoms with Gasteiger partial charge in [-0.15, -0.1) is 5.56 Å². The molecule has 0 aliphatic rings. The summed E-state index contributed by atoms with van der Waals surface area (Å²) in [5.41, 5.74) is 3.48. The zero-order valence-corrected chi connectivity index (χ0v) is 12.0. The van der Waals surface area contributed by atoms with E-state index in [9.17, 15) is 0 Å². The van der Waals surface area contributed by atoms with Crippen LogP contribution in [0.1, 0.15) is 0 Å². The molecule has 0 fully saturated rings. The second-order valence-electron chi connectivity index (χ2n) is 3.78. The van der Waals surface area contributed by atoms with Crippen LogP contribution in [0.4, 0.5) is 0 Å². The Morgan fingerprint density at radius 3 is 2.67 bits per heavy atom. The molecule has 3 aromatic rings. The van der Waals surface area contributed by atoms with Gasteiger partial charge in [0.15, 0.2) is 0 Å². The standard InChI is InChI=1S/C15H11N2.Ir/c1-2-6-13(7-3-1)14-8-4-5-9-15(14)17-11-10-16-12-17;/h1-2,4-12H;/q-1;. The van der Waals surface area contributed by atoms with E-state index in [1.54, 1.807) is 6.20 Å². The number of nitrogens with zero attached hydrogens (tertiary/aromatic N) is 2. The molecule has 0 atom stereocenters. The molecule has 0 saturated heterocycles. The molecule has 0 saturated carbocycles. The minimum atomic E-state index is 0. The van der Waals surface area contributed by atoms with E-state index in [2.05, 4.69) is 29.2 Å². The van der Waals surface area contributed by atoms with Crippen molar-refractivity contribution in [3.8, 4) is 16.8 Å². The van der Waals surface area contributed by atoms with Crippen molar-refractivity contribution in [1.29, 1.82) is 0 Å². The molecule has 3 rings (SSSR count). The number of hydrogen-bond donors (Lipinski definition) is 0. The number of aromatic nitrogens is 2. The Hall–Kier alpha value is -1.70. The predicted octanol–water partition coefficient (Wildman–Crippen LogP) is 3.34. The van der Waals surface area contributed by atoms with Gasteiger partial charge in [-0.2, -0.15) is 30.3 Å². The van der Waals surface area contributed by atoms with Gasteiger partial charge in [-0.05, 0) is 11.6 Å². The molecule has 0 amide bonds. The SMILES string of the molecule is [Ir].[c-]1cccc(-c2ccccc2-n2ccnc2)c1. The third kappa shape index (κ3) is 2.42. The van der Waals surface area contributed by atoms with E-state index in [-0.39, 0.29) is 20.1 Å². The van der Waals surface area contributed by atoms with Gasteiger partial charge in [0.05, 0.1) is 6.33 Å². The van der Waals surface area contributed by atoms with Crippen LogP contribution in [-0.2, 0) is 20.1 Å². The third-order valence-electron chi connectivity index (χ3n) is 2.70. The Labute approximate surface area is 120 Å². The van der Waals surface area contributed by atoms with Crippen LogP contribution in [0.5, 0.6) is 0 Å². The minimum absolute atomic E-state index is 0. The maximum Gasteiger partial charge on any atom is 0.0991 e. The zero-order valence-electron chi connectivity index (χ0n) is 9.58. The van der Waals surface area contributed by atoms with Crippen molar-refractivity contribution in [3.05, 3.63) is 73.3 Å². The smallest absolute Gasteiger partial charge is 0.0991 e. The van der Waals surface area contributed by atoms with Crippen LogP contribution in [-0.4, -0.2) is 9.55 Å². The van der Waals surface area contributed by atoms with Crippen LogP contribution in [0.3, 0.4) is 0 Å². The van der Waals surface area contributed by atoms with Gasteiger partial charge in [0.25, 0.3) is 0 Å². The summed E-state index contributed by atoms with van der Waals surface area (Å²) in [5.74, 6) is 0. The third-order valence-corrected chi connectivity index (χ3v) is 2.70. The second kappa shape index (κ2) is 5.76. The minimum Gasteiger partial charge on any atom is -0.307 e. The molecule has 91 valence electrons. The van der Waals surface area contributed by atoms with Gasteiger partial charge in [0.1, 0.15) is 0 Å². The molecule has 0 N–H and O–H groups in total. The molecule has 0 unspecified atom stereocenters. The maximum absolute atomic E-state index is 4.09. The number of rotatable bonds is 2. The second-order valence-corrected chi connectivity index (χ2v) is 3.78. The quantitative estimate of drug-likeness (QED) is 0.592. The largest absolute Gasteiger partial charge is 0.307 e. The predicted molar refractivity (Wildman–Crippen MR) is 67.8 cm³/mol. The van der Waals surface area contributed by atoms with Crippen molar-refractivity contribution in [2.45, 2.75) is 0 Å². The summed E-state index contributed by atoms with van der Waals surface area (Å²) in [7, 11) is 0. The summed E-state index contributed by atoms with van der Waals surface area (Å²) in [6.07, 6.45) is 5.55. The molecule has 0 bridgehead atoms. The first-order chi connectivity index (χ1) is 8.45. The molecule has 2 aromatic carbocycles. The monoisotopic (exact) mass is 412 g/mol. The van der Waals surface area contributed by atoms with Crippen molar-refractivity contribution in [1.82, 2.24) is 9.55 Å². The average molecular weight is 411 g/mol. The molecular weight excluding hydrogens is 400 g/mol. The van der Waals surface area contributed by atoms with Gasteiger partial charge < -0.3 is 4.57 Å². The molecular formula is C15H11IrN2-. The Morgan fingerprint density at radius 2 is 1.94 bits per heavy atom. The van der Waals surface area contributed by atoms with E-state index in [1.165, 1.54) is 5.56 Å². The van der Waals surface area contributed by atoms with Crippen LogP contribution < -0.4 is 0 Å². The van der Waals surface area contributed by atoms with Crippen molar-refractivity contribution in [3.63, 3.8) is 0 Å². The Kier molecular flexibility index (Phi) is 4.08. The van der Waals surface area contributed by atoms with Crippen molar-refractivity contribution < 1.29 is 20.1 Å². The van der Waals surface area contributed by atoms with Crippen molar-refractivity contribution >= 4 is 0 Å². The van der Waals surface area contributed by atoms with E-state index in [0.29, 0.717) is 0 Å². The maximum atomic E-state index is 4.09. The summed E-state index contributed by atoms with van der Waals surface area (Å²) in [5, 5.41) is 0. The Morgan fingerprint density at radius 1 is 1.06 bits per heavy atom. The van der Waals surface area contributed by atoms with E-state index < -0.39 is 0 Å². The van der Waals surface area contributed by atoms with E-state index in [1.807, 2.05) is 47.4 Å². The summed E-state index contributed by atoms with van der Waals surface area (Å²) < 4.78 is 2.02. The van der Waals surface area contributed by atoms with Gasteiger partial charge in [-0.3, -0.25) is 0 Å². The van der Waals surface area contributed by atoms with Crippen LogP contribution in [0.2, 0.25) is 0 Å². The van der Waals surface area contributed by atoms with Crippen molar-refractivity contribution in [2.24, 2.45) is 0 Å². The number of imidazole rings is 1. The molecule has 3 heteroatoms. The van der Waals surface area contributed by atoms with Gasteiger partial charge in [0.2, 0.25) is 0 Å². The molecule has 1 radical (unpaired) electrons. The molecule has 0 aliphatic heterocycles. The zero-order chi connectivity index (χ0) is 11.5. The van der Waals surface area contributed by atoms with Gasteiger partial charge >= 0.3 is 0 Å². The number of hydrogen-bond acceptors (Lipinski definition) is 1. The van der Waals surface area contributed by atoms with Crippen LogP contribution in [0, 0.1) is 6.07 Å². The number of para-hydroxylation sites is 1. The summed E-state index contributed by atoms with van der Waals surface area (Å²) >= 11 is 0. The molecule has 1 heterocycles. The average Bonchev–Trinajstić information content (AvgIpc) is 2.94. The van der Waals surface area contributed by atoms with Crippen molar-refractivity contribution in [2.75, 3.05) is 0 Å². The molecule has 18 heavy (non-hydrogen) atoms. The van der Waals surface area contributed by atoms with Gasteiger partial charge in [-0.1, -0.05) is 18.2 Å². The van der Waals surface area contributed by atoms with Crippen LogP contribution in [0.25, 0.3) is 16.8 Å². The van der Waals surface area contributed by atoms with Crippen LogP contribution in [0.15, 0.2) is 67.3 Å². The fourth-order valence-corrected chi connectivity index (χ4v) is 1.91. The summed E-state index contributed by atoms with van der Waals surface area (Å²) in [4.78, 5) is 4.09. The van der Waals surface area contributed by atoms with E-state index in [4.69, 9.17) is 0 Å². The normalized spacial score (nSPS) is 9.78. The molecule has 0 spiro atoms. The molecule has 2 nitrogen and oxygen atoms in total. The van der Waals surface area contributed by atoms with Crippen LogP contribution >= 0.6 is 0 Å².